The zero-order valence-corrected chi connectivity index (χ0v) is 11.9. The fourth-order valence-corrected chi connectivity index (χ4v) is 3.06. The van der Waals surface area contributed by atoms with E-state index in [-0.39, 0.29) is 17.2 Å². The van der Waals surface area contributed by atoms with Crippen LogP contribution in [0.5, 0.6) is 0 Å². The molecule has 1 N–H and O–H groups in total. The predicted molar refractivity (Wildman–Crippen MR) is 75.9 cm³/mol. The van der Waals surface area contributed by atoms with E-state index >= 15 is 0 Å². The molecule has 0 saturated heterocycles. The molecule has 0 unspecified atom stereocenters. The molecule has 1 aliphatic rings. The van der Waals surface area contributed by atoms with Crippen molar-refractivity contribution in [1.29, 1.82) is 0 Å². The van der Waals surface area contributed by atoms with E-state index in [1.165, 1.54) is 0 Å². The van der Waals surface area contributed by atoms with Crippen molar-refractivity contribution in [2.45, 2.75) is 25.8 Å². The summed E-state index contributed by atoms with van der Waals surface area (Å²) in [6.07, 6.45) is 1.91. The smallest absolute Gasteiger partial charge is 0.352 e. The van der Waals surface area contributed by atoms with Crippen molar-refractivity contribution in [3.05, 3.63) is 44.2 Å². The highest BCUT2D eigenvalue weighted by Gasteiger charge is 2.31. The van der Waals surface area contributed by atoms with E-state index < -0.39 is 5.97 Å². The number of carbonyl (C=O) groups is 1. The topological polar surface area (TPSA) is 59.3 Å². The summed E-state index contributed by atoms with van der Waals surface area (Å²) >= 11 is 3.43. The maximum Gasteiger partial charge on any atom is 0.352 e. The van der Waals surface area contributed by atoms with Crippen molar-refractivity contribution in [2.75, 3.05) is 0 Å². The molecule has 0 aliphatic heterocycles. The van der Waals surface area contributed by atoms with Gasteiger partial charge in [0.25, 0.3) is 0 Å². The first-order valence-electron chi connectivity index (χ1n) is 6.09. The number of halogens is 1. The molecule has 5 heteroatoms. The lowest BCUT2D eigenvalue weighted by Crippen LogP contribution is -2.22. The molecule has 3 rings (SSSR count). The Labute approximate surface area is 117 Å². The predicted octanol–water partition coefficient (Wildman–Crippen LogP) is 3.11. The Bertz CT molecular complexity index is 759. The molecule has 0 spiro atoms. The van der Waals surface area contributed by atoms with Crippen LogP contribution in [-0.2, 0) is 0 Å². The summed E-state index contributed by atoms with van der Waals surface area (Å²) in [5, 5.41) is 10.00. The van der Waals surface area contributed by atoms with Gasteiger partial charge in [-0.25, -0.2) is 4.79 Å². The fraction of sp³-hybridized carbons (Fsp3) is 0.286. The van der Waals surface area contributed by atoms with Crippen molar-refractivity contribution in [1.82, 2.24) is 4.57 Å². The molecular formula is C14H12BrNO3. The van der Waals surface area contributed by atoms with Gasteiger partial charge >= 0.3 is 5.97 Å². The zero-order chi connectivity index (χ0) is 13.7. The highest BCUT2D eigenvalue weighted by molar-refractivity contribution is 9.10. The van der Waals surface area contributed by atoms with E-state index in [1.54, 1.807) is 23.6 Å². The molecule has 1 saturated carbocycles. The standard InChI is InChI=1S/C14H12BrNO3/c1-7-11(14(18)19)16(8-5-6-8)12-9(13(7)17)3-2-4-10(12)15/h2-4,8H,5-6H2,1H3,(H,18,19). The van der Waals surface area contributed by atoms with Crippen LogP contribution in [0.3, 0.4) is 0 Å². The fourth-order valence-electron chi connectivity index (χ4n) is 2.51. The third-order valence-corrected chi connectivity index (χ3v) is 4.16. The van der Waals surface area contributed by atoms with Gasteiger partial charge in [0.15, 0.2) is 5.43 Å². The van der Waals surface area contributed by atoms with Gasteiger partial charge in [0.2, 0.25) is 0 Å². The summed E-state index contributed by atoms with van der Waals surface area (Å²) < 4.78 is 2.56. The van der Waals surface area contributed by atoms with Crippen LogP contribution < -0.4 is 5.43 Å². The Morgan fingerprint density at radius 2 is 2.11 bits per heavy atom. The van der Waals surface area contributed by atoms with E-state index in [0.717, 1.165) is 17.3 Å². The van der Waals surface area contributed by atoms with Gasteiger partial charge in [-0.3, -0.25) is 4.79 Å². The molecule has 1 aromatic heterocycles. The van der Waals surface area contributed by atoms with E-state index in [0.29, 0.717) is 16.5 Å². The summed E-state index contributed by atoms with van der Waals surface area (Å²) in [7, 11) is 0. The first-order valence-corrected chi connectivity index (χ1v) is 6.88. The number of hydrogen-bond donors (Lipinski definition) is 1. The average Bonchev–Trinajstić information content (AvgIpc) is 3.17. The Hall–Kier alpha value is -1.62. The molecule has 19 heavy (non-hydrogen) atoms. The molecule has 1 aliphatic carbocycles. The largest absolute Gasteiger partial charge is 0.477 e. The second-order valence-corrected chi connectivity index (χ2v) is 5.70. The number of para-hydroxylation sites is 1. The lowest BCUT2D eigenvalue weighted by atomic mass is 10.1. The third-order valence-electron chi connectivity index (χ3n) is 3.52. The molecule has 0 atom stereocenters. The maximum absolute atomic E-state index is 12.3. The minimum Gasteiger partial charge on any atom is -0.477 e. The van der Waals surface area contributed by atoms with Crippen LogP contribution in [0.25, 0.3) is 10.9 Å². The second-order valence-electron chi connectivity index (χ2n) is 4.85. The van der Waals surface area contributed by atoms with Crippen LogP contribution in [-0.4, -0.2) is 15.6 Å². The Kier molecular flexibility index (Phi) is 2.74. The third kappa shape index (κ3) is 1.80. The first-order chi connectivity index (χ1) is 9.02. The highest BCUT2D eigenvalue weighted by Crippen LogP contribution is 2.40. The van der Waals surface area contributed by atoms with E-state index in [9.17, 15) is 14.7 Å². The monoisotopic (exact) mass is 321 g/mol. The summed E-state index contributed by atoms with van der Waals surface area (Å²) in [5.41, 5.74) is 0.917. The number of aromatic nitrogens is 1. The molecule has 0 radical (unpaired) electrons. The quantitative estimate of drug-likeness (QED) is 0.924. The minimum atomic E-state index is -1.04. The molecule has 2 aromatic rings. The lowest BCUT2D eigenvalue weighted by Gasteiger charge is -2.17. The Morgan fingerprint density at radius 1 is 1.42 bits per heavy atom. The number of hydrogen-bond acceptors (Lipinski definition) is 2. The van der Waals surface area contributed by atoms with Crippen LogP contribution in [0.2, 0.25) is 0 Å². The van der Waals surface area contributed by atoms with Crippen molar-refractivity contribution < 1.29 is 9.90 Å². The van der Waals surface area contributed by atoms with Gasteiger partial charge in [-0.1, -0.05) is 6.07 Å². The van der Waals surface area contributed by atoms with E-state index in [4.69, 9.17) is 0 Å². The lowest BCUT2D eigenvalue weighted by molar-refractivity contribution is 0.0683. The number of carboxylic acid groups (broad SMARTS) is 1. The van der Waals surface area contributed by atoms with Gasteiger partial charge in [0.05, 0.1) is 5.52 Å². The van der Waals surface area contributed by atoms with E-state index in [1.807, 2.05) is 6.07 Å². The maximum atomic E-state index is 12.3. The molecule has 1 fully saturated rings. The van der Waals surface area contributed by atoms with E-state index in [2.05, 4.69) is 15.9 Å². The molecule has 98 valence electrons. The van der Waals surface area contributed by atoms with Crippen molar-refractivity contribution in [3.63, 3.8) is 0 Å². The minimum absolute atomic E-state index is 0.118. The summed E-state index contributed by atoms with van der Waals surface area (Å²) in [6, 6.07) is 5.57. The second kappa shape index (κ2) is 4.20. The average molecular weight is 322 g/mol. The number of pyridine rings is 1. The zero-order valence-electron chi connectivity index (χ0n) is 10.3. The number of aromatic carboxylic acids is 1. The van der Waals surface area contributed by atoms with Crippen LogP contribution in [0.1, 0.15) is 34.9 Å². The Balaban J connectivity index is 2.58. The van der Waals surface area contributed by atoms with Gasteiger partial charge < -0.3 is 9.67 Å². The number of benzene rings is 1. The van der Waals surface area contributed by atoms with Crippen LogP contribution in [0, 0.1) is 6.92 Å². The molecule has 1 aromatic carbocycles. The van der Waals surface area contributed by atoms with Gasteiger partial charge in [-0.05, 0) is 47.8 Å². The molecular weight excluding hydrogens is 310 g/mol. The van der Waals surface area contributed by atoms with Crippen molar-refractivity contribution in [2.24, 2.45) is 0 Å². The summed E-state index contributed by atoms with van der Waals surface area (Å²) in [5.74, 6) is -1.04. The molecule has 0 amide bonds. The number of fused-ring (bicyclic) bond motifs is 1. The van der Waals surface area contributed by atoms with Gasteiger partial charge in [-0.15, -0.1) is 0 Å². The normalized spacial score (nSPS) is 14.8. The highest BCUT2D eigenvalue weighted by atomic mass is 79.9. The SMILES string of the molecule is Cc1c(C(=O)O)n(C2CC2)c2c(Br)cccc2c1=O. The molecule has 1 heterocycles. The van der Waals surface area contributed by atoms with Gasteiger partial charge in [-0.2, -0.15) is 0 Å². The summed E-state index contributed by atoms with van der Waals surface area (Å²) in [4.78, 5) is 23.8. The van der Waals surface area contributed by atoms with Crippen molar-refractivity contribution in [3.8, 4) is 0 Å². The van der Waals surface area contributed by atoms with Gasteiger partial charge in [0, 0.05) is 21.5 Å². The number of nitrogens with zero attached hydrogens (tertiary/aromatic N) is 1. The van der Waals surface area contributed by atoms with Crippen LogP contribution in [0.15, 0.2) is 27.5 Å². The summed E-state index contributed by atoms with van der Waals surface area (Å²) in [6.45, 7) is 1.59. The molecule has 0 bridgehead atoms. The van der Waals surface area contributed by atoms with Crippen LogP contribution in [0.4, 0.5) is 0 Å². The first kappa shape index (κ1) is 12.4. The number of rotatable bonds is 2. The number of carboxylic acids is 1. The van der Waals surface area contributed by atoms with Gasteiger partial charge in [0.1, 0.15) is 5.69 Å². The molecule has 4 nitrogen and oxygen atoms in total. The Morgan fingerprint density at radius 3 is 2.68 bits per heavy atom. The van der Waals surface area contributed by atoms with Crippen LogP contribution >= 0.6 is 15.9 Å². The van der Waals surface area contributed by atoms with Crippen molar-refractivity contribution >= 4 is 32.8 Å².